The van der Waals surface area contributed by atoms with Crippen molar-refractivity contribution in [2.45, 2.75) is 39.7 Å². The van der Waals surface area contributed by atoms with Gasteiger partial charge in [0.05, 0.1) is 7.11 Å². The maximum Gasteiger partial charge on any atom is 0.122 e. The number of hydrogen-bond acceptors (Lipinski definition) is 3. The van der Waals surface area contributed by atoms with E-state index in [0.29, 0.717) is 6.04 Å². The first-order chi connectivity index (χ1) is 9.74. The van der Waals surface area contributed by atoms with Crippen molar-refractivity contribution >= 4 is 0 Å². The second-order valence-electron chi connectivity index (χ2n) is 5.09. The summed E-state index contributed by atoms with van der Waals surface area (Å²) in [7, 11) is 1.75. The van der Waals surface area contributed by atoms with Crippen LogP contribution < -0.4 is 10.1 Å². The van der Waals surface area contributed by atoms with Gasteiger partial charge in [0.2, 0.25) is 0 Å². The van der Waals surface area contributed by atoms with E-state index >= 15 is 0 Å². The van der Waals surface area contributed by atoms with Crippen LogP contribution in [0, 0.1) is 0 Å². The molecule has 0 saturated heterocycles. The second kappa shape index (κ2) is 9.78. The van der Waals surface area contributed by atoms with E-state index in [1.807, 2.05) is 12.1 Å². The van der Waals surface area contributed by atoms with E-state index in [9.17, 15) is 0 Å². The van der Waals surface area contributed by atoms with Gasteiger partial charge in [-0.1, -0.05) is 39.0 Å². The van der Waals surface area contributed by atoms with Crippen molar-refractivity contribution in [3.63, 3.8) is 0 Å². The van der Waals surface area contributed by atoms with Crippen molar-refractivity contribution in [2.24, 2.45) is 0 Å². The normalized spacial score (nSPS) is 12.7. The lowest BCUT2D eigenvalue weighted by Gasteiger charge is -2.24. The minimum atomic E-state index is 0.511. The summed E-state index contributed by atoms with van der Waals surface area (Å²) in [5.74, 6) is 0.998. The monoisotopic (exact) mass is 278 g/mol. The highest BCUT2D eigenvalue weighted by molar-refractivity contribution is 5.33. The summed E-state index contributed by atoms with van der Waals surface area (Å²) in [5.41, 5.74) is 1.29. The Hall–Kier alpha value is -1.06. The molecular weight excluding hydrogens is 248 g/mol. The molecule has 0 bridgehead atoms. The maximum atomic E-state index is 5.45. The van der Waals surface area contributed by atoms with Gasteiger partial charge in [0.25, 0.3) is 0 Å². The zero-order valence-electron chi connectivity index (χ0n) is 13.5. The van der Waals surface area contributed by atoms with Crippen LogP contribution in [0.5, 0.6) is 5.75 Å². The van der Waals surface area contributed by atoms with Crippen molar-refractivity contribution in [3.05, 3.63) is 29.8 Å². The summed E-state index contributed by atoms with van der Waals surface area (Å²) < 4.78 is 5.45. The van der Waals surface area contributed by atoms with Gasteiger partial charge in [0.1, 0.15) is 5.75 Å². The fourth-order valence-corrected chi connectivity index (χ4v) is 2.58. The van der Waals surface area contributed by atoms with Gasteiger partial charge in [-0.15, -0.1) is 0 Å². The van der Waals surface area contributed by atoms with E-state index in [-0.39, 0.29) is 0 Å². The first-order valence-electron chi connectivity index (χ1n) is 7.82. The standard InChI is InChI=1S/C17H30N2O/c1-5-18-16(12-13-19(6-2)7-3)14-15-10-8-9-11-17(15)20-4/h8-11,16,18H,5-7,12-14H2,1-4H3. The van der Waals surface area contributed by atoms with Crippen molar-refractivity contribution in [1.82, 2.24) is 10.2 Å². The lowest BCUT2D eigenvalue weighted by Crippen LogP contribution is -2.35. The predicted octanol–water partition coefficient (Wildman–Crippen LogP) is 2.95. The Morgan fingerprint density at radius 2 is 1.85 bits per heavy atom. The van der Waals surface area contributed by atoms with Gasteiger partial charge in [-0.05, 0) is 50.7 Å². The van der Waals surface area contributed by atoms with Crippen LogP contribution in [0.4, 0.5) is 0 Å². The third-order valence-electron chi connectivity index (χ3n) is 3.84. The average Bonchev–Trinajstić information content (AvgIpc) is 2.49. The van der Waals surface area contributed by atoms with Crippen LogP contribution in [0.2, 0.25) is 0 Å². The first kappa shape index (κ1) is 17.0. The molecule has 0 aliphatic heterocycles. The molecule has 20 heavy (non-hydrogen) atoms. The van der Waals surface area contributed by atoms with Gasteiger partial charge in [-0.2, -0.15) is 0 Å². The molecule has 3 heteroatoms. The van der Waals surface area contributed by atoms with Crippen LogP contribution in [0.3, 0.4) is 0 Å². The molecule has 0 aliphatic carbocycles. The van der Waals surface area contributed by atoms with Crippen LogP contribution in [0.25, 0.3) is 0 Å². The van der Waals surface area contributed by atoms with E-state index in [2.05, 4.69) is 43.1 Å². The highest BCUT2D eigenvalue weighted by Gasteiger charge is 2.12. The Bertz CT molecular complexity index is 364. The number of hydrogen-bond donors (Lipinski definition) is 1. The van der Waals surface area contributed by atoms with Gasteiger partial charge >= 0.3 is 0 Å². The van der Waals surface area contributed by atoms with E-state index in [4.69, 9.17) is 4.74 Å². The summed E-state index contributed by atoms with van der Waals surface area (Å²) >= 11 is 0. The molecule has 0 aliphatic rings. The molecule has 1 atom stereocenters. The number of benzene rings is 1. The molecule has 0 radical (unpaired) electrons. The average molecular weight is 278 g/mol. The number of ether oxygens (including phenoxy) is 1. The van der Waals surface area contributed by atoms with Gasteiger partial charge in [0.15, 0.2) is 0 Å². The molecule has 0 saturated carbocycles. The largest absolute Gasteiger partial charge is 0.496 e. The Morgan fingerprint density at radius 1 is 1.15 bits per heavy atom. The van der Waals surface area contributed by atoms with Crippen LogP contribution in [-0.4, -0.2) is 44.2 Å². The van der Waals surface area contributed by atoms with Gasteiger partial charge < -0.3 is 15.0 Å². The molecule has 0 heterocycles. The van der Waals surface area contributed by atoms with Crippen LogP contribution in [-0.2, 0) is 6.42 Å². The molecule has 1 N–H and O–H groups in total. The summed E-state index contributed by atoms with van der Waals surface area (Å²) in [6, 6.07) is 8.84. The topological polar surface area (TPSA) is 24.5 Å². The Kier molecular flexibility index (Phi) is 8.31. The van der Waals surface area contributed by atoms with Crippen LogP contribution in [0.1, 0.15) is 32.8 Å². The Morgan fingerprint density at radius 3 is 2.45 bits per heavy atom. The molecule has 1 unspecified atom stereocenters. The quantitative estimate of drug-likeness (QED) is 0.712. The molecule has 1 aromatic rings. The highest BCUT2D eigenvalue weighted by atomic mass is 16.5. The molecule has 0 spiro atoms. The van der Waals surface area contributed by atoms with Crippen molar-refractivity contribution in [1.29, 1.82) is 0 Å². The molecule has 3 nitrogen and oxygen atoms in total. The zero-order valence-corrected chi connectivity index (χ0v) is 13.5. The fraction of sp³-hybridized carbons (Fsp3) is 0.647. The minimum absolute atomic E-state index is 0.511. The van der Waals surface area contributed by atoms with Gasteiger partial charge in [-0.25, -0.2) is 0 Å². The molecule has 114 valence electrons. The molecule has 0 amide bonds. The first-order valence-corrected chi connectivity index (χ1v) is 7.82. The SMILES string of the molecule is CCNC(CCN(CC)CC)Cc1ccccc1OC. The smallest absolute Gasteiger partial charge is 0.122 e. The summed E-state index contributed by atoms with van der Waals surface area (Å²) in [6.07, 6.45) is 2.20. The summed E-state index contributed by atoms with van der Waals surface area (Å²) in [4.78, 5) is 2.48. The molecule has 0 aromatic heterocycles. The van der Waals surface area contributed by atoms with E-state index in [1.54, 1.807) is 7.11 Å². The van der Waals surface area contributed by atoms with Crippen molar-refractivity contribution in [3.8, 4) is 5.75 Å². The van der Waals surface area contributed by atoms with Crippen molar-refractivity contribution in [2.75, 3.05) is 33.3 Å². The fourth-order valence-electron chi connectivity index (χ4n) is 2.58. The number of methoxy groups -OCH3 is 1. The zero-order chi connectivity index (χ0) is 14.8. The molecule has 1 rings (SSSR count). The van der Waals surface area contributed by atoms with E-state index < -0.39 is 0 Å². The molecular formula is C17H30N2O. The second-order valence-corrected chi connectivity index (χ2v) is 5.09. The highest BCUT2D eigenvalue weighted by Crippen LogP contribution is 2.19. The van der Waals surface area contributed by atoms with Gasteiger partial charge in [-0.3, -0.25) is 0 Å². The lowest BCUT2D eigenvalue weighted by molar-refractivity contribution is 0.280. The third kappa shape index (κ3) is 5.51. The number of para-hydroxylation sites is 1. The molecule has 1 aromatic carbocycles. The van der Waals surface area contributed by atoms with Gasteiger partial charge in [0, 0.05) is 6.04 Å². The van der Waals surface area contributed by atoms with E-state index in [1.165, 1.54) is 12.0 Å². The predicted molar refractivity (Wildman–Crippen MR) is 86.6 cm³/mol. The number of likely N-dealkylation sites (N-methyl/N-ethyl adjacent to an activating group) is 1. The minimum Gasteiger partial charge on any atom is -0.496 e. The maximum absolute atomic E-state index is 5.45. The van der Waals surface area contributed by atoms with E-state index in [0.717, 1.165) is 38.3 Å². The number of rotatable bonds is 10. The summed E-state index contributed by atoms with van der Waals surface area (Å²) in [6.45, 7) is 11.1. The molecule has 0 fully saturated rings. The number of nitrogens with zero attached hydrogens (tertiary/aromatic N) is 1. The Labute approximate surface area is 124 Å². The number of nitrogens with one attached hydrogen (secondary N) is 1. The van der Waals surface area contributed by atoms with Crippen LogP contribution in [0.15, 0.2) is 24.3 Å². The van der Waals surface area contributed by atoms with Crippen LogP contribution >= 0.6 is 0 Å². The third-order valence-corrected chi connectivity index (χ3v) is 3.84. The van der Waals surface area contributed by atoms with Crippen molar-refractivity contribution < 1.29 is 4.74 Å². The summed E-state index contributed by atoms with van der Waals surface area (Å²) in [5, 5.41) is 3.60. The lowest BCUT2D eigenvalue weighted by atomic mass is 10.0. The Balaban J connectivity index is 2.61.